The van der Waals surface area contributed by atoms with E-state index in [-0.39, 0.29) is 11.6 Å². The summed E-state index contributed by atoms with van der Waals surface area (Å²) in [5.74, 6) is 1.47. The summed E-state index contributed by atoms with van der Waals surface area (Å²) in [6.45, 7) is 3.52. The molecular formula is C11H15N5O3. The summed E-state index contributed by atoms with van der Waals surface area (Å²) in [4.78, 5) is 20.6. The highest BCUT2D eigenvalue weighted by Gasteiger charge is 2.39. The SMILES string of the molecule is COc1ncnc(N2CC3CNCC3C2)c1[N+](=O)[O-]. The lowest BCUT2D eigenvalue weighted by atomic mass is 10.0. The van der Waals surface area contributed by atoms with Crippen molar-refractivity contribution in [2.45, 2.75) is 0 Å². The Kier molecular flexibility index (Phi) is 2.94. The van der Waals surface area contributed by atoms with Crippen LogP contribution in [-0.4, -0.2) is 48.2 Å². The standard InChI is InChI=1S/C11H15N5O3/c1-19-11-9(16(17)18)10(13-6-14-11)15-4-7-2-12-3-8(7)5-15/h6-8,12H,2-5H2,1H3. The number of anilines is 1. The van der Waals surface area contributed by atoms with Gasteiger partial charge in [0.2, 0.25) is 5.82 Å². The van der Waals surface area contributed by atoms with Gasteiger partial charge in [-0.3, -0.25) is 10.1 Å². The van der Waals surface area contributed by atoms with Crippen LogP contribution in [0.1, 0.15) is 0 Å². The van der Waals surface area contributed by atoms with Gasteiger partial charge >= 0.3 is 5.69 Å². The minimum absolute atomic E-state index is 0.0187. The fraction of sp³-hybridized carbons (Fsp3) is 0.636. The van der Waals surface area contributed by atoms with Gasteiger partial charge in [-0.25, -0.2) is 4.98 Å². The molecule has 2 saturated heterocycles. The van der Waals surface area contributed by atoms with Gasteiger partial charge in [0.1, 0.15) is 6.33 Å². The lowest BCUT2D eigenvalue weighted by Gasteiger charge is -2.18. The zero-order chi connectivity index (χ0) is 13.4. The van der Waals surface area contributed by atoms with Crippen molar-refractivity contribution in [3.05, 3.63) is 16.4 Å². The Morgan fingerprint density at radius 2 is 2.11 bits per heavy atom. The van der Waals surface area contributed by atoms with E-state index in [1.54, 1.807) is 0 Å². The Bertz CT molecular complexity index is 497. The monoisotopic (exact) mass is 265 g/mol. The Morgan fingerprint density at radius 1 is 1.42 bits per heavy atom. The van der Waals surface area contributed by atoms with Crippen LogP contribution in [0.15, 0.2) is 6.33 Å². The van der Waals surface area contributed by atoms with Crippen LogP contribution in [0.2, 0.25) is 0 Å². The maximum absolute atomic E-state index is 11.2. The molecule has 2 aliphatic heterocycles. The Labute approximate surface area is 109 Å². The first-order chi connectivity index (χ1) is 9.20. The first-order valence-electron chi connectivity index (χ1n) is 6.19. The van der Waals surface area contributed by atoms with Crippen molar-refractivity contribution in [3.8, 4) is 5.88 Å². The van der Waals surface area contributed by atoms with Crippen molar-refractivity contribution < 1.29 is 9.66 Å². The molecule has 0 spiro atoms. The fourth-order valence-electron chi connectivity index (χ4n) is 2.92. The second-order valence-electron chi connectivity index (χ2n) is 4.90. The molecule has 1 aromatic heterocycles. The van der Waals surface area contributed by atoms with Crippen molar-refractivity contribution in [1.29, 1.82) is 0 Å². The van der Waals surface area contributed by atoms with E-state index < -0.39 is 4.92 Å². The number of aromatic nitrogens is 2. The molecule has 3 rings (SSSR count). The molecule has 8 nitrogen and oxygen atoms in total. The van der Waals surface area contributed by atoms with Crippen molar-refractivity contribution in [2.24, 2.45) is 11.8 Å². The van der Waals surface area contributed by atoms with E-state index in [4.69, 9.17) is 4.74 Å². The molecule has 0 aliphatic carbocycles. The lowest BCUT2D eigenvalue weighted by molar-refractivity contribution is -0.385. The third-order valence-electron chi connectivity index (χ3n) is 3.83. The predicted octanol–water partition coefficient (Wildman–Crippen LogP) is 0.0490. The number of rotatable bonds is 3. The summed E-state index contributed by atoms with van der Waals surface area (Å²) in [5.41, 5.74) is -0.141. The van der Waals surface area contributed by atoms with Gasteiger partial charge in [0.25, 0.3) is 5.88 Å². The molecule has 2 unspecified atom stereocenters. The van der Waals surface area contributed by atoms with Crippen LogP contribution in [0.3, 0.4) is 0 Å². The van der Waals surface area contributed by atoms with Crippen LogP contribution >= 0.6 is 0 Å². The van der Waals surface area contributed by atoms with Crippen molar-refractivity contribution in [1.82, 2.24) is 15.3 Å². The molecule has 2 atom stereocenters. The molecule has 0 amide bonds. The largest absolute Gasteiger partial charge is 0.476 e. The van der Waals surface area contributed by atoms with Gasteiger partial charge in [0.05, 0.1) is 12.0 Å². The molecule has 8 heteroatoms. The maximum Gasteiger partial charge on any atom is 0.372 e. The van der Waals surface area contributed by atoms with E-state index in [0.717, 1.165) is 26.2 Å². The molecule has 3 heterocycles. The summed E-state index contributed by atoms with van der Waals surface area (Å²) in [7, 11) is 1.38. The maximum atomic E-state index is 11.2. The Morgan fingerprint density at radius 3 is 2.68 bits per heavy atom. The first-order valence-corrected chi connectivity index (χ1v) is 6.19. The molecule has 19 heavy (non-hydrogen) atoms. The zero-order valence-electron chi connectivity index (χ0n) is 10.6. The average Bonchev–Trinajstić information content (AvgIpc) is 2.98. The lowest BCUT2D eigenvalue weighted by Crippen LogP contribution is -2.27. The highest BCUT2D eigenvalue weighted by Crippen LogP contribution is 2.37. The van der Waals surface area contributed by atoms with Gasteiger partial charge in [0, 0.05) is 26.2 Å². The van der Waals surface area contributed by atoms with Gasteiger partial charge < -0.3 is 15.0 Å². The molecule has 2 fully saturated rings. The highest BCUT2D eigenvalue weighted by molar-refractivity contribution is 5.63. The number of nitro groups is 1. The van der Waals surface area contributed by atoms with Crippen LogP contribution in [0, 0.1) is 22.0 Å². The molecule has 0 saturated carbocycles. The minimum atomic E-state index is -0.472. The van der Waals surface area contributed by atoms with Crippen LogP contribution < -0.4 is 15.0 Å². The zero-order valence-corrected chi connectivity index (χ0v) is 10.6. The van der Waals surface area contributed by atoms with Gasteiger partial charge in [0.15, 0.2) is 0 Å². The van der Waals surface area contributed by atoms with Crippen LogP contribution in [-0.2, 0) is 0 Å². The van der Waals surface area contributed by atoms with Crippen LogP contribution in [0.4, 0.5) is 11.5 Å². The minimum Gasteiger partial charge on any atom is -0.476 e. The number of hydrogen-bond donors (Lipinski definition) is 1. The summed E-state index contributed by atoms with van der Waals surface area (Å²) in [6.07, 6.45) is 1.31. The first kappa shape index (κ1) is 12.1. The van der Waals surface area contributed by atoms with E-state index in [2.05, 4.69) is 15.3 Å². The van der Waals surface area contributed by atoms with Crippen molar-refractivity contribution >= 4 is 11.5 Å². The van der Waals surface area contributed by atoms with E-state index in [0.29, 0.717) is 17.7 Å². The number of methoxy groups -OCH3 is 1. The Hall–Kier alpha value is -1.96. The van der Waals surface area contributed by atoms with E-state index in [9.17, 15) is 10.1 Å². The van der Waals surface area contributed by atoms with E-state index in [1.807, 2.05) is 4.90 Å². The van der Waals surface area contributed by atoms with Gasteiger partial charge in [-0.05, 0) is 11.8 Å². The molecule has 1 aromatic rings. The van der Waals surface area contributed by atoms with Crippen molar-refractivity contribution in [2.75, 3.05) is 38.2 Å². The second-order valence-corrected chi connectivity index (χ2v) is 4.90. The number of fused-ring (bicyclic) bond motifs is 1. The quantitative estimate of drug-likeness (QED) is 0.609. The number of ether oxygens (including phenoxy) is 1. The summed E-state index contributed by atoms with van der Waals surface area (Å²) in [5, 5.41) is 14.5. The topological polar surface area (TPSA) is 93.4 Å². The molecule has 102 valence electrons. The average molecular weight is 265 g/mol. The second kappa shape index (κ2) is 4.61. The van der Waals surface area contributed by atoms with Crippen LogP contribution in [0.25, 0.3) is 0 Å². The summed E-state index contributed by atoms with van der Waals surface area (Å²) in [6, 6.07) is 0. The molecule has 1 N–H and O–H groups in total. The molecule has 0 aromatic carbocycles. The van der Waals surface area contributed by atoms with E-state index in [1.165, 1.54) is 13.4 Å². The number of nitrogens with zero attached hydrogens (tertiary/aromatic N) is 4. The normalized spacial score (nSPS) is 25.4. The number of hydrogen-bond acceptors (Lipinski definition) is 7. The van der Waals surface area contributed by atoms with Gasteiger partial charge in [-0.1, -0.05) is 0 Å². The predicted molar refractivity (Wildman–Crippen MR) is 67.3 cm³/mol. The molecule has 0 bridgehead atoms. The fourth-order valence-corrected chi connectivity index (χ4v) is 2.92. The highest BCUT2D eigenvalue weighted by atomic mass is 16.6. The van der Waals surface area contributed by atoms with Gasteiger partial charge in [-0.2, -0.15) is 4.98 Å². The summed E-state index contributed by atoms with van der Waals surface area (Å²) >= 11 is 0. The smallest absolute Gasteiger partial charge is 0.372 e. The third-order valence-corrected chi connectivity index (χ3v) is 3.83. The van der Waals surface area contributed by atoms with Crippen LogP contribution in [0.5, 0.6) is 5.88 Å². The molecule has 0 radical (unpaired) electrons. The Balaban J connectivity index is 1.94. The number of nitrogens with one attached hydrogen (secondary N) is 1. The van der Waals surface area contributed by atoms with Crippen molar-refractivity contribution in [3.63, 3.8) is 0 Å². The molecule has 2 aliphatic rings. The van der Waals surface area contributed by atoms with Gasteiger partial charge in [-0.15, -0.1) is 0 Å². The third kappa shape index (κ3) is 1.97. The van der Waals surface area contributed by atoms with E-state index >= 15 is 0 Å². The molecular weight excluding hydrogens is 250 g/mol. The summed E-state index contributed by atoms with van der Waals surface area (Å²) < 4.78 is 4.97.